The van der Waals surface area contributed by atoms with E-state index in [0.29, 0.717) is 19.3 Å². The lowest BCUT2D eigenvalue weighted by molar-refractivity contribution is 0.0943. The maximum atomic E-state index is 5.61. The molecule has 2 heterocycles. The molecule has 0 spiro atoms. The molecule has 4 heteroatoms. The fourth-order valence-corrected chi connectivity index (χ4v) is 2.52. The zero-order valence-electron chi connectivity index (χ0n) is 9.89. The first-order chi connectivity index (χ1) is 8.38. The van der Waals surface area contributed by atoms with Crippen LogP contribution in [0, 0.1) is 0 Å². The summed E-state index contributed by atoms with van der Waals surface area (Å²) in [6, 6.07) is 6.78. The van der Waals surface area contributed by atoms with Crippen molar-refractivity contribution in [2.24, 2.45) is 5.73 Å². The molecular formula is C13H18N2O2. The number of likely N-dealkylation sites (tertiary alicyclic amines) is 1. The van der Waals surface area contributed by atoms with Crippen molar-refractivity contribution < 1.29 is 9.47 Å². The van der Waals surface area contributed by atoms with Crippen LogP contribution < -0.4 is 15.2 Å². The molecule has 17 heavy (non-hydrogen) atoms. The minimum atomic E-state index is 0.509. The van der Waals surface area contributed by atoms with Crippen molar-refractivity contribution in [3.8, 4) is 11.5 Å². The third-order valence-electron chi connectivity index (χ3n) is 3.50. The van der Waals surface area contributed by atoms with Crippen molar-refractivity contribution in [1.29, 1.82) is 0 Å². The predicted molar refractivity (Wildman–Crippen MR) is 65.4 cm³/mol. The van der Waals surface area contributed by atoms with Crippen LogP contribution in [0.5, 0.6) is 11.5 Å². The number of hydrogen-bond acceptors (Lipinski definition) is 4. The second kappa shape index (κ2) is 4.55. The van der Waals surface area contributed by atoms with Gasteiger partial charge >= 0.3 is 0 Å². The van der Waals surface area contributed by atoms with Crippen LogP contribution in [-0.4, -0.2) is 37.7 Å². The molecule has 0 amide bonds. The van der Waals surface area contributed by atoms with Gasteiger partial charge < -0.3 is 15.2 Å². The summed E-state index contributed by atoms with van der Waals surface area (Å²) in [6.07, 6.45) is 1.21. The van der Waals surface area contributed by atoms with Crippen molar-refractivity contribution in [1.82, 2.24) is 4.90 Å². The van der Waals surface area contributed by atoms with Crippen molar-refractivity contribution >= 4 is 0 Å². The van der Waals surface area contributed by atoms with Crippen LogP contribution in [0.25, 0.3) is 0 Å². The standard InChI is InChI=1S/C13H18N2O2/c14-4-6-15-5-3-11(15)10-1-2-12-13(9-10)17-8-7-16-12/h1-2,9,11H,3-8,14H2. The molecule has 0 radical (unpaired) electrons. The van der Waals surface area contributed by atoms with Gasteiger partial charge in [0.05, 0.1) is 0 Å². The molecule has 0 aliphatic carbocycles. The second-order valence-electron chi connectivity index (χ2n) is 4.53. The number of benzene rings is 1. The van der Waals surface area contributed by atoms with E-state index in [9.17, 15) is 0 Å². The molecule has 2 aliphatic rings. The van der Waals surface area contributed by atoms with E-state index in [-0.39, 0.29) is 0 Å². The van der Waals surface area contributed by atoms with Crippen LogP contribution in [0.1, 0.15) is 18.0 Å². The van der Waals surface area contributed by atoms with Gasteiger partial charge in [-0.2, -0.15) is 0 Å². The molecule has 2 aliphatic heterocycles. The second-order valence-corrected chi connectivity index (χ2v) is 4.53. The minimum absolute atomic E-state index is 0.509. The van der Waals surface area contributed by atoms with E-state index in [2.05, 4.69) is 17.0 Å². The summed E-state index contributed by atoms with van der Waals surface area (Å²) in [5.74, 6) is 1.75. The summed E-state index contributed by atoms with van der Waals surface area (Å²) in [6.45, 7) is 4.14. The molecular weight excluding hydrogens is 216 g/mol. The number of nitrogens with two attached hydrogens (primary N) is 1. The Balaban J connectivity index is 1.79. The van der Waals surface area contributed by atoms with Gasteiger partial charge in [-0.15, -0.1) is 0 Å². The largest absolute Gasteiger partial charge is 0.486 e. The van der Waals surface area contributed by atoms with Crippen LogP contribution in [-0.2, 0) is 0 Å². The molecule has 0 saturated carbocycles. The van der Waals surface area contributed by atoms with Crippen LogP contribution in [0.15, 0.2) is 18.2 Å². The molecule has 0 bridgehead atoms. The van der Waals surface area contributed by atoms with Crippen LogP contribution in [0.2, 0.25) is 0 Å². The van der Waals surface area contributed by atoms with Gasteiger partial charge in [-0.05, 0) is 24.1 Å². The van der Waals surface area contributed by atoms with Crippen molar-refractivity contribution in [3.63, 3.8) is 0 Å². The quantitative estimate of drug-likeness (QED) is 0.852. The predicted octanol–water partition coefficient (Wildman–Crippen LogP) is 1.16. The number of rotatable bonds is 3. The van der Waals surface area contributed by atoms with Crippen LogP contribution >= 0.6 is 0 Å². The molecule has 2 N–H and O–H groups in total. The van der Waals surface area contributed by atoms with Gasteiger partial charge in [0.1, 0.15) is 13.2 Å². The van der Waals surface area contributed by atoms with Gasteiger partial charge in [0.15, 0.2) is 11.5 Å². The van der Waals surface area contributed by atoms with Crippen molar-refractivity contribution in [3.05, 3.63) is 23.8 Å². The fourth-order valence-electron chi connectivity index (χ4n) is 2.52. The van der Waals surface area contributed by atoms with E-state index in [4.69, 9.17) is 15.2 Å². The molecule has 1 aromatic rings. The highest BCUT2D eigenvalue weighted by Crippen LogP contribution is 2.38. The summed E-state index contributed by atoms with van der Waals surface area (Å²) in [5, 5.41) is 0. The number of ether oxygens (including phenoxy) is 2. The van der Waals surface area contributed by atoms with E-state index in [1.807, 2.05) is 6.07 Å². The molecule has 1 saturated heterocycles. The van der Waals surface area contributed by atoms with Crippen LogP contribution in [0.3, 0.4) is 0 Å². The zero-order valence-corrected chi connectivity index (χ0v) is 9.89. The first-order valence-electron chi connectivity index (χ1n) is 6.22. The highest BCUT2D eigenvalue weighted by Gasteiger charge is 2.29. The van der Waals surface area contributed by atoms with Crippen molar-refractivity contribution in [2.45, 2.75) is 12.5 Å². The van der Waals surface area contributed by atoms with Crippen molar-refractivity contribution in [2.75, 3.05) is 32.8 Å². The van der Waals surface area contributed by atoms with Gasteiger partial charge in [0, 0.05) is 25.7 Å². The highest BCUT2D eigenvalue weighted by molar-refractivity contribution is 5.45. The number of hydrogen-bond donors (Lipinski definition) is 1. The third-order valence-corrected chi connectivity index (χ3v) is 3.50. The summed E-state index contributed by atoms with van der Waals surface area (Å²) in [7, 11) is 0. The third kappa shape index (κ3) is 1.98. The Labute approximate surface area is 101 Å². The Kier molecular flexibility index (Phi) is 2.91. The normalized spacial score (nSPS) is 23.2. The number of fused-ring (bicyclic) bond motifs is 1. The topological polar surface area (TPSA) is 47.7 Å². The molecule has 0 aromatic heterocycles. The van der Waals surface area contributed by atoms with Gasteiger partial charge in [-0.3, -0.25) is 4.90 Å². The van der Waals surface area contributed by atoms with E-state index in [1.54, 1.807) is 0 Å². The first-order valence-corrected chi connectivity index (χ1v) is 6.22. The van der Waals surface area contributed by atoms with E-state index < -0.39 is 0 Å². The van der Waals surface area contributed by atoms with Gasteiger partial charge in [0.25, 0.3) is 0 Å². The van der Waals surface area contributed by atoms with Gasteiger partial charge in [-0.1, -0.05) is 6.07 Å². The average Bonchev–Trinajstić information content (AvgIpc) is 2.34. The maximum Gasteiger partial charge on any atom is 0.161 e. The summed E-state index contributed by atoms with van der Waals surface area (Å²) < 4.78 is 11.1. The average molecular weight is 234 g/mol. The smallest absolute Gasteiger partial charge is 0.161 e. The molecule has 92 valence electrons. The summed E-state index contributed by atoms with van der Waals surface area (Å²) in [4.78, 5) is 2.41. The summed E-state index contributed by atoms with van der Waals surface area (Å²) in [5.41, 5.74) is 6.92. The Morgan fingerprint density at radius 2 is 2.06 bits per heavy atom. The minimum Gasteiger partial charge on any atom is -0.486 e. The first kappa shape index (κ1) is 10.9. The lowest BCUT2D eigenvalue weighted by Crippen LogP contribution is -2.43. The molecule has 1 fully saturated rings. The molecule has 1 aromatic carbocycles. The zero-order chi connectivity index (χ0) is 11.7. The Morgan fingerprint density at radius 3 is 2.76 bits per heavy atom. The SMILES string of the molecule is NCCN1CCC1c1ccc2c(c1)OCCO2. The highest BCUT2D eigenvalue weighted by atomic mass is 16.6. The maximum absolute atomic E-state index is 5.61. The lowest BCUT2D eigenvalue weighted by Gasteiger charge is -2.41. The Morgan fingerprint density at radius 1 is 1.24 bits per heavy atom. The monoisotopic (exact) mass is 234 g/mol. The molecule has 1 unspecified atom stereocenters. The molecule has 4 nitrogen and oxygen atoms in total. The molecule has 1 atom stereocenters. The van der Waals surface area contributed by atoms with Crippen LogP contribution in [0.4, 0.5) is 0 Å². The van der Waals surface area contributed by atoms with E-state index in [0.717, 1.165) is 31.1 Å². The fraction of sp³-hybridized carbons (Fsp3) is 0.538. The molecule has 3 rings (SSSR count). The van der Waals surface area contributed by atoms with E-state index in [1.165, 1.54) is 12.0 Å². The van der Waals surface area contributed by atoms with Gasteiger partial charge in [0.2, 0.25) is 0 Å². The van der Waals surface area contributed by atoms with Gasteiger partial charge in [-0.25, -0.2) is 0 Å². The Hall–Kier alpha value is -1.26. The number of nitrogens with zero attached hydrogens (tertiary/aromatic N) is 1. The van der Waals surface area contributed by atoms with E-state index >= 15 is 0 Å². The summed E-state index contributed by atoms with van der Waals surface area (Å²) >= 11 is 0. The lowest BCUT2D eigenvalue weighted by atomic mass is 9.94. The Bertz CT molecular complexity index is 408.